The Morgan fingerprint density at radius 2 is 1.22 bits per heavy atom. The maximum Gasteiger partial charge on any atom is 0.0702 e. The Morgan fingerprint density at radius 1 is 0.508 bits per heavy atom. The number of hydrogen-bond acceptors (Lipinski definition) is 2. The van der Waals surface area contributed by atoms with Crippen LogP contribution < -0.4 is 0 Å². The summed E-state index contributed by atoms with van der Waals surface area (Å²) in [5.74, 6) is 0. The number of rotatable bonds is 5. The van der Waals surface area contributed by atoms with Crippen LogP contribution in [0.25, 0.3) is 105 Å². The first-order valence-electron chi connectivity index (χ1n) is 20.7. The van der Waals surface area contributed by atoms with Gasteiger partial charge in [0.15, 0.2) is 0 Å². The molecule has 10 aromatic rings. The summed E-state index contributed by atoms with van der Waals surface area (Å²) < 4.78 is 2.46. The second kappa shape index (κ2) is 13.6. The fourth-order valence-corrected chi connectivity index (χ4v) is 9.85. The minimum Gasteiger partial charge on any atom is -0.333 e. The van der Waals surface area contributed by atoms with E-state index in [4.69, 9.17) is 4.98 Å². The monoisotopic (exact) mass is 753 g/mol. The van der Waals surface area contributed by atoms with Gasteiger partial charge >= 0.3 is 0 Å². The van der Waals surface area contributed by atoms with Crippen molar-refractivity contribution >= 4 is 60.2 Å². The zero-order valence-electron chi connectivity index (χ0n) is 32.5. The van der Waals surface area contributed by atoms with Crippen molar-refractivity contribution in [2.75, 3.05) is 0 Å². The molecule has 2 aliphatic carbocycles. The molecule has 0 amide bonds. The smallest absolute Gasteiger partial charge is 0.0702 e. The first kappa shape index (κ1) is 33.7. The number of hydrogen-bond donors (Lipinski definition) is 0. The third-order valence-electron chi connectivity index (χ3n) is 12.7. The average Bonchev–Trinajstić information content (AvgIpc) is 3.64. The molecule has 3 heteroatoms. The Kier molecular flexibility index (Phi) is 7.80. The Bertz CT molecular complexity index is 3420. The summed E-state index contributed by atoms with van der Waals surface area (Å²) in [5, 5.41) is 9.95. The maximum absolute atomic E-state index is 5.12. The molecule has 1 unspecified atom stereocenters. The summed E-state index contributed by atoms with van der Waals surface area (Å²) in [4.78, 5) is 9.64. The first-order valence-corrected chi connectivity index (χ1v) is 20.7. The third kappa shape index (κ3) is 5.57. The van der Waals surface area contributed by atoms with Gasteiger partial charge in [0.2, 0.25) is 0 Å². The lowest BCUT2D eigenvalue weighted by atomic mass is 9.79. The summed E-state index contributed by atoms with van der Waals surface area (Å²) in [6.45, 7) is 0. The maximum atomic E-state index is 5.12. The van der Waals surface area contributed by atoms with Gasteiger partial charge in [-0.05, 0) is 133 Å². The van der Waals surface area contributed by atoms with E-state index in [1.165, 1.54) is 87.5 Å². The molecule has 0 spiro atoms. The molecule has 2 aliphatic rings. The molecule has 0 saturated carbocycles. The van der Waals surface area contributed by atoms with E-state index < -0.39 is 0 Å². The molecule has 0 fully saturated rings. The lowest BCUT2D eigenvalue weighted by Gasteiger charge is -2.24. The summed E-state index contributed by atoms with van der Waals surface area (Å²) in [6, 6.07) is 51.9. The highest BCUT2D eigenvalue weighted by atomic mass is 15.0. The van der Waals surface area contributed by atoms with Crippen LogP contribution in [0.2, 0.25) is 0 Å². The zero-order valence-corrected chi connectivity index (χ0v) is 32.5. The van der Waals surface area contributed by atoms with Crippen LogP contribution in [0.1, 0.15) is 30.0 Å². The minimum atomic E-state index is 0.278. The van der Waals surface area contributed by atoms with Crippen LogP contribution in [0.4, 0.5) is 0 Å². The van der Waals surface area contributed by atoms with E-state index in [0.29, 0.717) is 0 Å². The summed E-state index contributed by atoms with van der Waals surface area (Å²) >= 11 is 0. The van der Waals surface area contributed by atoms with Crippen molar-refractivity contribution in [2.24, 2.45) is 0 Å². The molecule has 3 heterocycles. The Hall–Kier alpha value is -7.36. The molecule has 0 radical (unpaired) electrons. The van der Waals surface area contributed by atoms with Gasteiger partial charge in [-0.2, -0.15) is 0 Å². The van der Waals surface area contributed by atoms with Crippen LogP contribution in [-0.4, -0.2) is 14.5 Å². The molecule has 0 bridgehead atoms. The van der Waals surface area contributed by atoms with E-state index in [9.17, 15) is 0 Å². The third-order valence-corrected chi connectivity index (χ3v) is 12.7. The van der Waals surface area contributed by atoms with Gasteiger partial charge in [-0.15, -0.1) is 0 Å². The van der Waals surface area contributed by atoms with Crippen LogP contribution in [0.3, 0.4) is 0 Å². The highest BCUT2D eigenvalue weighted by Crippen LogP contribution is 2.47. The lowest BCUT2D eigenvalue weighted by molar-refractivity contribution is 0.648. The number of aromatic nitrogens is 3. The second-order valence-corrected chi connectivity index (χ2v) is 16.0. The Balaban J connectivity index is 1.01. The van der Waals surface area contributed by atoms with Crippen molar-refractivity contribution in [1.29, 1.82) is 0 Å². The van der Waals surface area contributed by atoms with Gasteiger partial charge in [-0.25, -0.2) is 0 Å². The predicted octanol–water partition coefficient (Wildman–Crippen LogP) is 14.7. The van der Waals surface area contributed by atoms with Gasteiger partial charge in [0, 0.05) is 46.0 Å². The molecule has 0 aliphatic heterocycles. The SMILES string of the molecule is C1=CCC(n2c3ccncc3c3cc(-c4ccc(-c5ccc6c(-c7ccc8ccccc8c7)c7c(c(-c8ccc9ccccc9c8)c6c5)CCC=C7)cn4)ccc32)C=C1. The fourth-order valence-electron chi connectivity index (χ4n) is 9.85. The van der Waals surface area contributed by atoms with Gasteiger partial charge in [0.1, 0.15) is 0 Å². The summed E-state index contributed by atoms with van der Waals surface area (Å²) in [5.41, 5.74) is 14.7. The first-order chi connectivity index (χ1) is 29.2. The standard InChI is InChI=1S/C56H39N3/c1-2-14-45(15-3-1)59-53-27-24-41(33-49(53)51-35-57-29-28-54(51)59)52-26-23-44(34-58-52)40-22-25-48-50(32-40)56(43-21-19-37-11-5-7-13-39(37)31-43)47-17-9-8-16-46(47)55(48)42-20-18-36-10-4-6-12-38(36)30-42/h1-8,10-14,16,18-35,45H,9,15,17H2. The molecule has 0 saturated heterocycles. The van der Waals surface area contributed by atoms with E-state index in [2.05, 4.69) is 186 Å². The summed E-state index contributed by atoms with van der Waals surface area (Å²) in [7, 11) is 0. The largest absolute Gasteiger partial charge is 0.333 e. The molecular weight excluding hydrogens is 715 g/mol. The predicted molar refractivity (Wildman–Crippen MR) is 249 cm³/mol. The van der Waals surface area contributed by atoms with Crippen molar-refractivity contribution in [3.8, 4) is 44.6 Å². The van der Waals surface area contributed by atoms with Crippen LogP contribution in [0, 0.1) is 0 Å². The van der Waals surface area contributed by atoms with Gasteiger partial charge in [-0.1, -0.05) is 134 Å². The lowest BCUT2D eigenvalue weighted by Crippen LogP contribution is -2.06. The van der Waals surface area contributed by atoms with Gasteiger partial charge in [0.25, 0.3) is 0 Å². The minimum absolute atomic E-state index is 0.278. The number of nitrogens with zero attached hydrogens (tertiary/aromatic N) is 3. The molecule has 3 nitrogen and oxygen atoms in total. The summed E-state index contributed by atoms with van der Waals surface area (Å²) in [6.07, 6.45) is 22.5. The molecule has 1 atom stereocenters. The van der Waals surface area contributed by atoms with E-state index in [-0.39, 0.29) is 6.04 Å². The van der Waals surface area contributed by atoms with Crippen molar-refractivity contribution in [1.82, 2.24) is 14.5 Å². The van der Waals surface area contributed by atoms with Crippen molar-refractivity contribution in [2.45, 2.75) is 25.3 Å². The number of benzene rings is 7. The highest BCUT2D eigenvalue weighted by Gasteiger charge is 2.23. The molecule has 3 aromatic heterocycles. The molecule has 7 aromatic carbocycles. The Labute approximate surface area is 342 Å². The average molecular weight is 754 g/mol. The quantitative estimate of drug-likeness (QED) is 0.175. The zero-order chi connectivity index (χ0) is 38.9. The number of fused-ring (bicyclic) bond motifs is 7. The molecule has 12 rings (SSSR count). The van der Waals surface area contributed by atoms with Crippen LogP contribution in [-0.2, 0) is 6.42 Å². The van der Waals surface area contributed by atoms with E-state index in [1.54, 1.807) is 0 Å². The number of pyridine rings is 2. The topological polar surface area (TPSA) is 30.7 Å². The van der Waals surface area contributed by atoms with Crippen LogP contribution in [0.5, 0.6) is 0 Å². The molecular formula is C56H39N3. The van der Waals surface area contributed by atoms with E-state index in [1.807, 2.05) is 18.6 Å². The van der Waals surface area contributed by atoms with Gasteiger partial charge < -0.3 is 4.57 Å². The van der Waals surface area contributed by atoms with E-state index in [0.717, 1.165) is 41.6 Å². The number of allylic oxidation sites excluding steroid dienone is 5. The normalized spacial score (nSPS) is 14.9. The van der Waals surface area contributed by atoms with Crippen molar-refractivity contribution < 1.29 is 0 Å². The fraction of sp³-hybridized carbons (Fsp3) is 0.0714. The van der Waals surface area contributed by atoms with Crippen molar-refractivity contribution in [3.63, 3.8) is 0 Å². The van der Waals surface area contributed by atoms with Crippen LogP contribution in [0.15, 0.2) is 188 Å². The van der Waals surface area contributed by atoms with Gasteiger partial charge in [-0.3, -0.25) is 9.97 Å². The molecule has 278 valence electrons. The highest BCUT2D eigenvalue weighted by molar-refractivity contribution is 6.13. The Morgan fingerprint density at radius 3 is 1.98 bits per heavy atom. The van der Waals surface area contributed by atoms with Crippen LogP contribution >= 0.6 is 0 Å². The molecule has 0 N–H and O–H groups in total. The van der Waals surface area contributed by atoms with Gasteiger partial charge in [0.05, 0.1) is 17.3 Å². The van der Waals surface area contributed by atoms with Crippen molar-refractivity contribution in [3.05, 3.63) is 200 Å². The van der Waals surface area contributed by atoms with E-state index >= 15 is 0 Å². The molecule has 59 heavy (non-hydrogen) atoms. The second-order valence-electron chi connectivity index (χ2n) is 16.0.